The van der Waals surface area contributed by atoms with E-state index in [9.17, 15) is 4.79 Å². The Morgan fingerprint density at radius 1 is 1.33 bits per heavy atom. The summed E-state index contributed by atoms with van der Waals surface area (Å²) in [5.41, 5.74) is 0. The van der Waals surface area contributed by atoms with Crippen LogP contribution in [0.15, 0.2) is 52.2 Å². The van der Waals surface area contributed by atoms with E-state index in [1.807, 2.05) is 6.07 Å². The first-order valence-electron chi connectivity index (χ1n) is 4.19. The summed E-state index contributed by atoms with van der Waals surface area (Å²) in [5, 5.41) is 0.623. The van der Waals surface area contributed by atoms with Gasteiger partial charge in [0.15, 0.2) is 0 Å². The van der Waals surface area contributed by atoms with Crippen LogP contribution < -0.4 is 0 Å². The van der Waals surface area contributed by atoms with E-state index in [2.05, 4.69) is 4.98 Å². The third-order valence-electron chi connectivity index (χ3n) is 1.56. The number of furan rings is 1. The van der Waals surface area contributed by atoms with Crippen LogP contribution in [0.3, 0.4) is 0 Å². The molecule has 2 aromatic heterocycles. The molecule has 15 heavy (non-hydrogen) atoms. The molecule has 2 heterocycles. The van der Waals surface area contributed by atoms with E-state index in [1.54, 1.807) is 30.5 Å². The van der Waals surface area contributed by atoms with Gasteiger partial charge >= 0.3 is 5.97 Å². The van der Waals surface area contributed by atoms with E-state index < -0.39 is 5.97 Å². The minimum Gasteiger partial charge on any atom is -0.457 e. The van der Waals surface area contributed by atoms with Crippen molar-refractivity contribution in [3.8, 4) is 0 Å². The lowest BCUT2D eigenvalue weighted by Crippen LogP contribution is -1.97. The van der Waals surface area contributed by atoms with Crippen LogP contribution in [0.5, 0.6) is 0 Å². The summed E-state index contributed by atoms with van der Waals surface area (Å²) >= 11 is 0.906. The monoisotopic (exact) mass is 221 g/mol. The van der Waals surface area contributed by atoms with Gasteiger partial charge in [0.05, 0.1) is 6.26 Å². The number of carbonyl (C=O) groups excluding carboxylic acids is 1. The van der Waals surface area contributed by atoms with Crippen LogP contribution in [0.2, 0.25) is 0 Å². The largest absolute Gasteiger partial charge is 0.457 e. The second-order valence-electron chi connectivity index (χ2n) is 2.60. The molecule has 0 bridgehead atoms. The van der Waals surface area contributed by atoms with Gasteiger partial charge in [0, 0.05) is 6.20 Å². The molecule has 0 aliphatic heterocycles. The normalized spacial score (nSPS) is 9.87. The Morgan fingerprint density at radius 3 is 2.93 bits per heavy atom. The van der Waals surface area contributed by atoms with Crippen molar-refractivity contribution in [1.82, 2.24) is 4.98 Å². The predicted octanol–water partition coefficient (Wildman–Crippen LogP) is 2.54. The fraction of sp³-hybridized carbons (Fsp3) is 0. The van der Waals surface area contributed by atoms with Crippen LogP contribution in [-0.4, -0.2) is 11.0 Å². The Bertz CT molecular complexity index is 427. The van der Waals surface area contributed by atoms with Gasteiger partial charge in [-0.2, -0.15) is 0 Å². The van der Waals surface area contributed by atoms with Crippen molar-refractivity contribution in [3.63, 3.8) is 0 Å². The lowest BCUT2D eigenvalue weighted by Gasteiger charge is -1.98. The van der Waals surface area contributed by atoms with Crippen LogP contribution in [0.25, 0.3) is 0 Å². The molecule has 2 rings (SSSR count). The molecule has 5 heteroatoms. The van der Waals surface area contributed by atoms with Crippen molar-refractivity contribution in [3.05, 3.63) is 48.6 Å². The predicted molar refractivity (Wildman–Crippen MR) is 54.2 cm³/mol. The highest BCUT2D eigenvalue weighted by atomic mass is 32.2. The van der Waals surface area contributed by atoms with Gasteiger partial charge in [0.25, 0.3) is 0 Å². The Kier molecular flexibility index (Phi) is 3.04. The van der Waals surface area contributed by atoms with Gasteiger partial charge in [-0.15, -0.1) is 0 Å². The molecule has 4 nitrogen and oxygen atoms in total. The lowest BCUT2D eigenvalue weighted by molar-refractivity contribution is 0.0735. The van der Waals surface area contributed by atoms with Gasteiger partial charge in [0.2, 0.25) is 5.76 Å². The Balaban J connectivity index is 1.92. The molecule has 0 fully saturated rings. The number of nitrogens with zero attached hydrogens (tertiary/aromatic N) is 1. The minimum absolute atomic E-state index is 0.179. The third kappa shape index (κ3) is 2.60. The van der Waals surface area contributed by atoms with Gasteiger partial charge in [-0.05, 0) is 24.3 Å². The van der Waals surface area contributed by atoms with E-state index >= 15 is 0 Å². The zero-order valence-corrected chi connectivity index (χ0v) is 8.44. The number of carbonyl (C=O) groups is 1. The van der Waals surface area contributed by atoms with E-state index in [0.29, 0.717) is 5.03 Å². The highest BCUT2D eigenvalue weighted by Crippen LogP contribution is 2.17. The molecular weight excluding hydrogens is 214 g/mol. The summed E-state index contributed by atoms with van der Waals surface area (Å²) in [7, 11) is 0. The van der Waals surface area contributed by atoms with Crippen molar-refractivity contribution < 1.29 is 13.4 Å². The van der Waals surface area contributed by atoms with Gasteiger partial charge in [0.1, 0.15) is 17.1 Å². The summed E-state index contributed by atoms with van der Waals surface area (Å²) in [6, 6.07) is 8.53. The number of rotatable bonds is 3. The fourth-order valence-electron chi connectivity index (χ4n) is 0.913. The quantitative estimate of drug-likeness (QED) is 0.745. The van der Waals surface area contributed by atoms with Crippen LogP contribution in [0, 0.1) is 0 Å². The molecule has 76 valence electrons. The average Bonchev–Trinajstić information content (AvgIpc) is 2.81. The molecule has 0 saturated heterocycles. The summed E-state index contributed by atoms with van der Waals surface area (Å²) in [4.78, 5) is 15.3. The second-order valence-corrected chi connectivity index (χ2v) is 3.35. The molecule has 0 atom stereocenters. The highest BCUT2D eigenvalue weighted by Gasteiger charge is 2.11. The number of hydrogen-bond donors (Lipinski definition) is 0. The maximum atomic E-state index is 11.3. The molecule has 0 N–H and O–H groups in total. The summed E-state index contributed by atoms with van der Waals surface area (Å²) in [6.07, 6.45) is 3.05. The zero-order chi connectivity index (χ0) is 10.5. The summed E-state index contributed by atoms with van der Waals surface area (Å²) < 4.78 is 9.77. The third-order valence-corrected chi connectivity index (χ3v) is 2.21. The maximum absolute atomic E-state index is 11.3. The van der Waals surface area contributed by atoms with Crippen molar-refractivity contribution in [2.24, 2.45) is 0 Å². The molecule has 0 aliphatic rings. The number of aromatic nitrogens is 1. The molecule has 0 spiro atoms. The summed E-state index contributed by atoms with van der Waals surface area (Å²) in [5.74, 6) is -0.339. The lowest BCUT2D eigenvalue weighted by atomic mass is 10.5. The molecule has 2 aromatic rings. The standard InChI is InChI=1S/C10H7NO3S/c12-10(8-4-3-7-13-8)14-15-9-5-1-2-6-11-9/h1-7H. The SMILES string of the molecule is O=C(OSc1ccccn1)c1ccco1. The van der Waals surface area contributed by atoms with Gasteiger partial charge in [-0.25, -0.2) is 9.78 Å². The molecular formula is C10H7NO3S. The molecule has 0 saturated carbocycles. The average molecular weight is 221 g/mol. The molecule has 0 unspecified atom stereocenters. The maximum Gasteiger partial charge on any atom is 0.386 e. The first-order valence-corrected chi connectivity index (χ1v) is 4.94. The van der Waals surface area contributed by atoms with Crippen molar-refractivity contribution in [2.45, 2.75) is 5.03 Å². The zero-order valence-electron chi connectivity index (χ0n) is 7.62. The van der Waals surface area contributed by atoms with E-state index in [-0.39, 0.29) is 5.76 Å². The van der Waals surface area contributed by atoms with Gasteiger partial charge in [-0.3, -0.25) is 0 Å². The number of pyridine rings is 1. The van der Waals surface area contributed by atoms with E-state index in [4.69, 9.17) is 8.60 Å². The Morgan fingerprint density at radius 2 is 2.27 bits per heavy atom. The molecule has 0 amide bonds. The van der Waals surface area contributed by atoms with Crippen molar-refractivity contribution in [2.75, 3.05) is 0 Å². The van der Waals surface area contributed by atoms with Crippen molar-refractivity contribution in [1.29, 1.82) is 0 Å². The van der Waals surface area contributed by atoms with Crippen molar-refractivity contribution >= 4 is 18.0 Å². The topological polar surface area (TPSA) is 52.3 Å². The first kappa shape index (κ1) is 9.79. The summed E-state index contributed by atoms with van der Waals surface area (Å²) in [6.45, 7) is 0. The number of hydrogen-bond acceptors (Lipinski definition) is 5. The van der Waals surface area contributed by atoms with Crippen LogP contribution in [-0.2, 0) is 4.18 Å². The molecule has 0 aromatic carbocycles. The van der Waals surface area contributed by atoms with E-state index in [0.717, 1.165) is 12.0 Å². The van der Waals surface area contributed by atoms with E-state index in [1.165, 1.54) is 6.26 Å². The molecule has 0 radical (unpaired) electrons. The van der Waals surface area contributed by atoms with Crippen LogP contribution in [0.4, 0.5) is 0 Å². The smallest absolute Gasteiger partial charge is 0.386 e. The highest BCUT2D eigenvalue weighted by molar-refractivity contribution is 7.95. The second kappa shape index (κ2) is 4.65. The van der Waals surface area contributed by atoms with Crippen LogP contribution >= 0.6 is 12.0 Å². The van der Waals surface area contributed by atoms with Crippen LogP contribution in [0.1, 0.15) is 10.6 Å². The minimum atomic E-state index is -0.518. The van der Waals surface area contributed by atoms with Gasteiger partial charge in [-0.1, -0.05) is 6.07 Å². The Labute approximate surface area is 90.5 Å². The molecule has 0 aliphatic carbocycles. The van der Waals surface area contributed by atoms with Gasteiger partial charge < -0.3 is 8.60 Å². The first-order chi connectivity index (χ1) is 7.36. The fourth-order valence-corrected chi connectivity index (χ4v) is 1.39. The Hall–Kier alpha value is -1.75.